The van der Waals surface area contributed by atoms with Crippen molar-refractivity contribution in [2.24, 2.45) is 0 Å². The molecule has 0 aliphatic carbocycles. The molecule has 4 heterocycles. The van der Waals surface area contributed by atoms with Gasteiger partial charge in [0.2, 0.25) is 5.95 Å². The van der Waals surface area contributed by atoms with Gasteiger partial charge in [0.1, 0.15) is 5.75 Å². The smallest absolute Gasteiger partial charge is 0.387 e. The van der Waals surface area contributed by atoms with Crippen LogP contribution in [0.3, 0.4) is 0 Å². The topological polar surface area (TPSA) is 74.4 Å². The van der Waals surface area contributed by atoms with Crippen LogP contribution in [0.15, 0.2) is 59.7 Å². The predicted molar refractivity (Wildman–Crippen MR) is 131 cm³/mol. The minimum Gasteiger partial charge on any atom is -0.434 e. The third kappa shape index (κ3) is 4.01. The monoisotopic (exact) mass is 493 g/mol. The standard InChI is InChI=1S/C26H25F2N5O3/c27-25(28)36-23-6-2-1-4-19(23)21-5-3-9-32-24(34)20-8-7-17(14-22(20)33(21)32)18-15-29-26(30-16-18)31-10-12-35-13-11-31/h1-2,4,6-8,14-16,21,25H,3,5,9-13H2. The molecule has 0 N–H and O–H groups in total. The minimum absolute atomic E-state index is 0.0903. The molecule has 1 fully saturated rings. The summed E-state index contributed by atoms with van der Waals surface area (Å²) in [5.74, 6) is 0.791. The van der Waals surface area contributed by atoms with Crippen LogP contribution >= 0.6 is 0 Å². The summed E-state index contributed by atoms with van der Waals surface area (Å²) >= 11 is 0. The highest BCUT2D eigenvalue weighted by Gasteiger charge is 2.28. The van der Waals surface area contributed by atoms with E-state index in [-0.39, 0.29) is 17.4 Å². The van der Waals surface area contributed by atoms with E-state index in [4.69, 9.17) is 9.47 Å². The molecule has 0 spiro atoms. The molecule has 1 atom stereocenters. The lowest BCUT2D eigenvalue weighted by Gasteiger charge is -2.29. The van der Waals surface area contributed by atoms with Crippen LogP contribution in [-0.2, 0) is 11.3 Å². The normalized spacial score (nSPS) is 18.0. The van der Waals surface area contributed by atoms with E-state index in [0.717, 1.165) is 36.2 Å². The highest BCUT2D eigenvalue weighted by molar-refractivity contribution is 5.84. The summed E-state index contributed by atoms with van der Waals surface area (Å²) in [5, 5.41) is 0.587. The molecule has 186 valence electrons. The molecule has 10 heteroatoms. The van der Waals surface area contributed by atoms with Gasteiger partial charge in [-0.15, -0.1) is 0 Å². The highest BCUT2D eigenvalue weighted by Crippen LogP contribution is 2.37. The van der Waals surface area contributed by atoms with E-state index < -0.39 is 6.61 Å². The molecule has 0 saturated carbocycles. The molecule has 2 aromatic carbocycles. The predicted octanol–water partition coefficient (Wildman–Crippen LogP) is 4.08. The Labute approximate surface area is 205 Å². The average molecular weight is 494 g/mol. The summed E-state index contributed by atoms with van der Waals surface area (Å²) in [6, 6.07) is 12.2. The maximum Gasteiger partial charge on any atom is 0.387 e. The number of anilines is 1. The number of aromatic nitrogens is 4. The summed E-state index contributed by atoms with van der Waals surface area (Å²) in [6.45, 7) is 0.456. The first kappa shape index (κ1) is 22.7. The highest BCUT2D eigenvalue weighted by atomic mass is 19.3. The lowest BCUT2D eigenvalue weighted by Crippen LogP contribution is -2.37. The van der Waals surface area contributed by atoms with Crippen LogP contribution in [0.25, 0.3) is 22.0 Å². The zero-order valence-electron chi connectivity index (χ0n) is 19.5. The second-order valence-electron chi connectivity index (χ2n) is 8.95. The Kier molecular flexibility index (Phi) is 5.88. The Morgan fingerprint density at radius 3 is 2.56 bits per heavy atom. The largest absolute Gasteiger partial charge is 0.434 e. The van der Waals surface area contributed by atoms with E-state index in [1.54, 1.807) is 41.3 Å². The van der Waals surface area contributed by atoms with Crippen molar-refractivity contribution in [2.75, 3.05) is 31.2 Å². The number of alkyl halides is 2. The fraction of sp³-hybridized carbons (Fsp3) is 0.346. The SMILES string of the molecule is O=c1c2ccc(-c3cnc(N4CCOCC4)nc3)cc2n2n1CCCC2c1ccccc1OC(F)F. The molecule has 8 nitrogen and oxygen atoms in total. The molecule has 0 amide bonds. The third-order valence-corrected chi connectivity index (χ3v) is 6.87. The first-order chi connectivity index (χ1) is 17.6. The molecule has 0 radical (unpaired) electrons. The van der Waals surface area contributed by atoms with Crippen LogP contribution in [0.4, 0.5) is 14.7 Å². The Morgan fingerprint density at radius 2 is 1.78 bits per heavy atom. The summed E-state index contributed by atoms with van der Waals surface area (Å²) in [7, 11) is 0. The van der Waals surface area contributed by atoms with Crippen molar-refractivity contribution in [1.82, 2.24) is 19.3 Å². The zero-order chi connectivity index (χ0) is 24.6. The number of fused-ring (bicyclic) bond motifs is 3. The van der Waals surface area contributed by atoms with Crippen molar-refractivity contribution >= 4 is 16.9 Å². The minimum atomic E-state index is -2.93. The third-order valence-electron chi connectivity index (χ3n) is 6.87. The van der Waals surface area contributed by atoms with E-state index >= 15 is 0 Å². The molecule has 2 aliphatic rings. The zero-order valence-corrected chi connectivity index (χ0v) is 19.5. The fourth-order valence-corrected chi connectivity index (χ4v) is 5.19. The average Bonchev–Trinajstić information content (AvgIpc) is 3.21. The summed E-state index contributed by atoms with van der Waals surface area (Å²) in [5.41, 5.74) is 2.99. The molecule has 36 heavy (non-hydrogen) atoms. The van der Waals surface area contributed by atoms with Gasteiger partial charge in [-0.2, -0.15) is 8.78 Å². The molecule has 1 saturated heterocycles. The molecule has 2 aromatic heterocycles. The first-order valence-corrected chi connectivity index (χ1v) is 12.0. The second-order valence-corrected chi connectivity index (χ2v) is 8.95. The lowest BCUT2D eigenvalue weighted by molar-refractivity contribution is -0.0508. The van der Waals surface area contributed by atoms with Crippen LogP contribution in [0.5, 0.6) is 5.75 Å². The summed E-state index contributed by atoms with van der Waals surface area (Å²) in [6.07, 6.45) is 5.03. The van der Waals surface area contributed by atoms with Gasteiger partial charge in [0.25, 0.3) is 5.56 Å². The van der Waals surface area contributed by atoms with Crippen LogP contribution in [0.2, 0.25) is 0 Å². The molecule has 2 aliphatic heterocycles. The number of ether oxygens (including phenoxy) is 2. The van der Waals surface area contributed by atoms with Crippen molar-refractivity contribution in [1.29, 1.82) is 0 Å². The number of nitrogens with zero attached hydrogens (tertiary/aromatic N) is 5. The Bertz CT molecular complexity index is 1440. The molecule has 0 bridgehead atoms. The van der Waals surface area contributed by atoms with Gasteiger partial charge in [-0.25, -0.2) is 14.6 Å². The van der Waals surface area contributed by atoms with Crippen molar-refractivity contribution in [3.05, 3.63) is 70.8 Å². The lowest BCUT2D eigenvalue weighted by atomic mass is 9.99. The Morgan fingerprint density at radius 1 is 1.00 bits per heavy atom. The maximum absolute atomic E-state index is 13.2. The van der Waals surface area contributed by atoms with Gasteiger partial charge in [-0.1, -0.05) is 24.3 Å². The molecular weight excluding hydrogens is 468 g/mol. The number of morpholine rings is 1. The van der Waals surface area contributed by atoms with E-state index in [2.05, 4.69) is 14.9 Å². The number of rotatable bonds is 5. The van der Waals surface area contributed by atoms with Gasteiger partial charge in [0.15, 0.2) is 0 Å². The first-order valence-electron chi connectivity index (χ1n) is 12.0. The Balaban J connectivity index is 1.42. The maximum atomic E-state index is 13.2. The van der Waals surface area contributed by atoms with E-state index in [9.17, 15) is 13.6 Å². The van der Waals surface area contributed by atoms with Crippen LogP contribution in [0.1, 0.15) is 24.4 Å². The number of hydrogen-bond donors (Lipinski definition) is 0. The number of hydrogen-bond acceptors (Lipinski definition) is 6. The molecule has 6 rings (SSSR count). The van der Waals surface area contributed by atoms with Crippen LogP contribution < -0.4 is 15.2 Å². The van der Waals surface area contributed by atoms with E-state index in [1.807, 2.05) is 22.9 Å². The van der Waals surface area contributed by atoms with E-state index in [0.29, 0.717) is 43.1 Å². The molecular formula is C26H25F2N5O3. The van der Waals surface area contributed by atoms with Gasteiger partial charge in [0, 0.05) is 43.2 Å². The van der Waals surface area contributed by atoms with Crippen LogP contribution in [0, 0.1) is 0 Å². The number of para-hydroxylation sites is 1. The van der Waals surface area contributed by atoms with Crippen molar-refractivity contribution < 1.29 is 18.3 Å². The van der Waals surface area contributed by atoms with Gasteiger partial charge < -0.3 is 14.4 Å². The van der Waals surface area contributed by atoms with Crippen molar-refractivity contribution in [3.63, 3.8) is 0 Å². The van der Waals surface area contributed by atoms with E-state index in [1.165, 1.54) is 0 Å². The fourth-order valence-electron chi connectivity index (χ4n) is 5.19. The van der Waals surface area contributed by atoms with Gasteiger partial charge >= 0.3 is 6.61 Å². The summed E-state index contributed by atoms with van der Waals surface area (Å²) < 4.78 is 40.1. The number of benzene rings is 2. The Hall–Kier alpha value is -3.79. The quantitative estimate of drug-likeness (QED) is 0.417. The van der Waals surface area contributed by atoms with Crippen LogP contribution in [-0.4, -0.2) is 52.2 Å². The second kappa shape index (κ2) is 9.34. The number of halogens is 2. The van der Waals surface area contributed by atoms with Crippen molar-refractivity contribution in [3.8, 4) is 16.9 Å². The van der Waals surface area contributed by atoms with Gasteiger partial charge in [-0.3, -0.25) is 9.48 Å². The van der Waals surface area contributed by atoms with Gasteiger partial charge in [-0.05, 0) is 36.6 Å². The molecule has 1 unspecified atom stereocenters. The summed E-state index contributed by atoms with van der Waals surface area (Å²) in [4.78, 5) is 24.4. The van der Waals surface area contributed by atoms with Crippen molar-refractivity contribution in [2.45, 2.75) is 32.0 Å². The van der Waals surface area contributed by atoms with Gasteiger partial charge in [0.05, 0.1) is 30.2 Å². The molecule has 4 aromatic rings.